The number of sulfonamides is 1. The fraction of sp³-hybridized carbons (Fsp3) is 0.0769. The van der Waals surface area contributed by atoms with Gasteiger partial charge in [-0.3, -0.25) is 4.72 Å². The van der Waals surface area contributed by atoms with Crippen molar-refractivity contribution in [1.82, 2.24) is 0 Å². The van der Waals surface area contributed by atoms with Crippen molar-refractivity contribution >= 4 is 37.3 Å². The van der Waals surface area contributed by atoms with Crippen LogP contribution in [0.3, 0.4) is 0 Å². The van der Waals surface area contributed by atoms with Crippen LogP contribution in [0.15, 0.2) is 39.7 Å². The van der Waals surface area contributed by atoms with Gasteiger partial charge in [-0.15, -0.1) is 0 Å². The number of benzene rings is 2. The van der Waals surface area contributed by atoms with Crippen LogP contribution in [0.2, 0.25) is 0 Å². The Kier molecular flexibility index (Phi) is 4.20. The minimum Gasteiger partial charge on any atom is -0.396 e. The zero-order valence-electron chi connectivity index (χ0n) is 10.8. The lowest BCUT2D eigenvalue weighted by molar-refractivity contribution is 0.596. The summed E-state index contributed by atoms with van der Waals surface area (Å²) >= 11 is 3.12. The zero-order chi connectivity index (χ0) is 15.8. The quantitative estimate of drug-likeness (QED) is 0.806. The molecule has 3 N–H and O–H groups in total. The van der Waals surface area contributed by atoms with Crippen molar-refractivity contribution in [3.05, 3.63) is 52.0 Å². The van der Waals surface area contributed by atoms with Gasteiger partial charge in [0.25, 0.3) is 10.0 Å². The first kappa shape index (κ1) is 15.7. The summed E-state index contributed by atoms with van der Waals surface area (Å²) in [5.74, 6) is -1.41. The van der Waals surface area contributed by atoms with Crippen LogP contribution in [0.1, 0.15) is 5.56 Å². The molecule has 0 atom stereocenters. The predicted octanol–water partition coefficient (Wildman–Crippen LogP) is 3.42. The first-order valence-electron chi connectivity index (χ1n) is 5.74. The number of hydrogen-bond donors (Lipinski definition) is 2. The van der Waals surface area contributed by atoms with Crippen LogP contribution in [0.4, 0.5) is 20.2 Å². The minimum atomic E-state index is -4.07. The largest absolute Gasteiger partial charge is 0.396 e. The van der Waals surface area contributed by atoms with E-state index in [1.54, 1.807) is 0 Å². The molecule has 2 aromatic rings. The summed E-state index contributed by atoms with van der Waals surface area (Å²) in [4.78, 5) is -0.238. The average molecular weight is 377 g/mol. The fourth-order valence-electron chi connectivity index (χ4n) is 1.70. The van der Waals surface area contributed by atoms with Crippen LogP contribution in [-0.2, 0) is 10.0 Å². The number of aryl methyl sites for hydroxylation is 1. The molecule has 8 heteroatoms. The molecule has 0 fully saturated rings. The van der Waals surface area contributed by atoms with E-state index in [-0.39, 0.29) is 21.8 Å². The van der Waals surface area contributed by atoms with E-state index >= 15 is 0 Å². The third-order valence-electron chi connectivity index (χ3n) is 2.74. The third kappa shape index (κ3) is 3.33. The van der Waals surface area contributed by atoms with Gasteiger partial charge in [0.05, 0.1) is 16.3 Å². The SMILES string of the molecule is Cc1cc(S(=O)(=O)Nc2cc(Br)ccc2F)cc(N)c1F. The number of nitrogens with two attached hydrogens (primary N) is 1. The van der Waals surface area contributed by atoms with Gasteiger partial charge in [-0.25, -0.2) is 17.2 Å². The summed E-state index contributed by atoms with van der Waals surface area (Å²) in [5, 5.41) is 0. The van der Waals surface area contributed by atoms with Gasteiger partial charge in [-0.2, -0.15) is 0 Å². The number of halogens is 3. The van der Waals surface area contributed by atoms with Gasteiger partial charge in [0.2, 0.25) is 0 Å². The van der Waals surface area contributed by atoms with E-state index < -0.39 is 21.7 Å². The normalized spacial score (nSPS) is 11.4. The van der Waals surface area contributed by atoms with Crippen LogP contribution >= 0.6 is 15.9 Å². The second-order valence-corrected chi connectivity index (χ2v) is 6.97. The van der Waals surface area contributed by atoms with Crippen LogP contribution in [-0.4, -0.2) is 8.42 Å². The van der Waals surface area contributed by atoms with E-state index in [4.69, 9.17) is 5.73 Å². The fourth-order valence-corrected chi connectivity index (χ4v) is 3.24. The van der Waals surface area contributed by atoms with Crippen LogP contribution in [0, 0.1) is 18.6 Å². The monoisotopic (exact) mass is 376 g/mol. The van der Waals surface area contributed by atoms with Crippen molar-refractivity contribution in [2.24, 2.45) is 0 Å². The highest BCUT2D eigenvalue weighted by atomic mass is 79.9. The van der Waals surface area contributed by atoms with Crippen molar-refractivity contribution in [3.8, 4) is 0 Å². The van der Waals surface area contributed by atoms with Gasteiger partial charge < -0.3 is 5.73 Å². The molecular formula is C13H11BrF2N2O2S. The molecule has 0 saturated carbocycles. The molecule has 0 saturated heterocycles. The van der Waals surface area contributed by atoms with E-state index in [2.05, 4.69) is 20.7 Å². The van der Waals surface area contributed by atoms with Crippen molar-refractivity contribution < 1.29 is 17.2 Å². The number of anilines is 2. The summed E-state index contributed by atoms with van der Waals surface area (Å²) in [6.45, 7) is 1.39. The molecule has 2 aromatic carbocycles. The molecule has 2 rings (SSSR count). The molecule has 0 aliphatic heterocycles. The average Bonchev–Trinajstić information content (AvgIpc) is 2.39. The first-order chi connectivity index (χ1) is 9.70. The number of hydrogen-bond acceptors (Lipinski definition) is 3. The van der Waals surface area contributed by atoms with Gasteiger partial charge in [-0.1, -0.05) is 15.9 Å². The van der Waals surface area contributed by atoms with Crippen molar-refractivity contribution in [2.75, 3.05) is 10.5 Å². The van der Waals surface area contributed by atoms with Gasteiger partial charge in [0.15, 0.2) is 0 Å². The standard InChI is InChI=1S/C13H11BrF2N2O2S/c1-7-4-9(6-11(17)13(7)16)21(19,20)18-12-5-8(14)2-3-10(12)15/h2-6,18H,17H2,1H3. The maximum atomic E-state index is 13.6. The predicted molar refractivity (Wildman–Crippen MR) is 80.5 cm³/mol. The Bertz CT molecular complexity index is 787. The Morgan fingerprint density at radius 2 is 1.86 bits per heavy atom. The molecule has 4 nitrogen and oxygen atoms in total. The molecule has 0 aliphatic carbocycles. The van der Waals surface area contributed by atoms with E-state index in [1.165, 1.54) is 19.1 Å². The topological polar surface area (TPSA) is 72.2 Å². The van der Waals surface area contributed by atoms with Crippen molar-refractivity contribution in [3.63, 3.8) is 0 Å². The Balaban J connectivity index is 2.46. The highest BCUT2D eigenvalue weighted by Gasteiger charge is 2.19. The summed E-state index contributed by atoms with van der Waals surface area (Å²) in [5.41, 5.74) is 5.00. The molecular weight excluding hydrogens is 366 g/mol. The number of nitrogens with one attached hydrogen (secondary N) is 1. The second kappa shape index (κ2) is 5.61. The van der Waals surface area contributed by atoms with Crippen molar-refractivity contribution in [1.29, 1.82) is 0 Å². The lowest BCUT2D eigenvalue weighted by Gasteiger charge is -2.11. The smallest absolute Gasteiger partial charge is 0.262 e. The third-order valence-corrected chi connectivity index (χ3v) is 4.58. The van der Waals surface area contributed by atoms with E-state index in [9.17, 15) is 17.2 Å². The molecule has 112 valence electrons. The zero-order valence-corrected chi connectivity index (χ0v) is 13.2. The molecule has 0 radical (unpaired) electrons. The maximum Gasteiger partial charge on any atom is 0.262 e. The van der Waals surface area contributed by atoms with Crippen molar-refractivity contribution in [2.45, 2.75) is 11.8 Å². The Hall–Kier alpha value is -1.67. The summed E-state index contributed by atoms with van der Waals surface area (Å²) < 4.78 is 54.1. The molecule has 0 aliphatic rings. The van der Waals surface area contributed by atoms with Crippen LogP contribution in [0.25, 0.3) is 0 Å². The van der Waals surface area contributed by atoms with Gasteiger partial charge >= 0.3 is 0 Å². The first-order valence-corrected chi connectivity index (χ1v) is 8.02. The molecule has 0 bridgehead atoms. The van der Waals surface area contributed by atoms with Crippen LogP contribution in [0.5, 0.6) is 0 Å². The van der Waals surface area contributed by atoms with Gasteiger partial charge in [0.1, 0.15) is 11.6 Å². The summed E-state index contributed by atoms with van der Waals surface area (Å²) in [6.07, 6.45) is 0. The number of nitrogen functional groups attached to an aromatic ring is 1. The van der Waals surface area contributed by atoms with E-state index in [1.807, 2.05) is 0 Å². The number of rotatable bonds is 3. The highest BCUT2D eigenvalue weighted by Crippen LogP contribution is 2.25. The summed E-state index contributed by atoms with van der Waals surface area (Å²) in [6, 6.07) is 5.95. The van der Waals surface area contributed by atoms with Crippen LogP contribution < -0.4 is 10.5 Å². The van der Waals surface area contributed by atoms with Gasteiger partial charge in [0, 0.05) is 4.47 Å². The molecule has 0 spiro atoms. The van der Waals surface area contributed by atoms with E-state index in [0.29, 0.717) is 4.47 Å². The molecule has 0 unspecified atom stereocenters. The molecule has 0 heterocycles. The summed E-state index contributed by atoms with van der Waals surface area (Å²) in [7, 11) is -4.07. The Morgan fingerprint density at radius 3 is 2.48 bits per heavy atom. The van der Waals surface area contributed by atoms with Gasteiger partial charge in [-0.05, 0) is 42.8 Å². The lowest BCUT2D eigenvalue weighted by atomic mass is 10.2. The molecule has 0 amide bonds. The highest BCUT2D eigenvalue weighted by molar-refractivity contribution is 9.10. The maximum absolute atomic E-state index is 13.6. The van der Waals surface area contributed by atoms with E-state index in [0.717, 1.165) is 18.2 Å². The molecule has 21 heavy (non-hydrogen) atoms. The minimum absolute atomic E-state index is 0.0880. The Morgan fingerprint density at radius 1 is 1.19 bits per heavy atom. The lowest BCUT2D eigenvalue weighted by Crippen LogP contribution is -2.15. The Labute approximate surface area is 129 Å². The molecule has 0 aromatic heterocycles. The second-order valence-electron chi connectivity index (χ2n) is 4.37.